The third-order valence-corrected chi connectivity index (χ3v) is 4.12. The number of carbonyl (C=O) groups is 1. The minimum Gasteiger partial charge on any atom is -0.377 e. The second-order valence-corrected chi connectivity index (χ2v) is 5.50. The van der Waals surface area contributed by atoms with Crippen LogP contribution < -0.4 is 0 Å². The fourth-order valence-corrected chi connectivity index (χ4v) is 2.89. The van der Waals surface area contributed by atoms with E-state index in [1.807, 2.05) is 0 Å². The molecule has 2 rings (SSSR count). The van der Waals surface area contributed by atoms with Gasteiger partial charge >= 0.3 is 0 Å². The van der Waals surface area contributed by atoms with Crippen LogP contribution in [-0.4, -0.2) is 41.9 Å². The summed E-state index contributed by atoms with van der Waals surface area (Å²) in [6.07, 6.45) is 0. The number of ether oxygens (including phenoxy) is 1. The van der Waals surface area contributed by atoms with E-state index in [-0.39, 0.29) is 11.9 Å². The zero-order valence-corrected chi connectivity index (χ0v) is 12.6. The van der Waals surface area contributed by atoms with Crippen LogP contribution in [0.5, 0.6) is 0 Å². The molecule has 1 atom stereocenters. The Morgan fingerprint density at radius 1 is 1.50 bits per heavy atom. The second-order valence-electron chi connectivity index (χ2n) is 4.01. The van der Waals surface area contributed by atoms with E-state index in [0.29, 0.717) is 40.7 Å². The van der Waals surface area contributed by atoms with E-state index in [2.05, 4.69) is 15.9 Å². The second kappa shape index (κ2) is 6.24. The van der Waals surface area contributed by atoms with Gasteiger partial charge in [0.05, 0.1) is 29.8 Å². The van der Waals surface area contributed by atoms with Gasteiger partial charge in [-0.3, -0.25) is 4.79 Å². The maximum absolute atomic E-state index is 12.4. The van der Waals surface area contributed by atoms with Gasteiger partial charge in [0.2, 0.25) is 0 Å². The summed E-state index contributed by atoms with van der Waals surface area (Å²) in [6, 6.07) is 4.95. The lowest BCUT2D eigenvalue weighted by Gasteiger charge is -2.34. The van der Waals surface area contributed by atoms with Crippen LogP contribution in [-0.2, 0) is 4.74 Å². The lowest BCUT2D eigenvalue weighted by atomic mass is 10.1. The molecule has 0 N–H and O–H groups in total. The van der Waals surface area contributed by atoms with Crippen LogP contribution in [0, 0.1) is 0 Å². The number of carbonyl (C=O) groups excluding carboxylic acids is 1. The number of benzene rings is 1. The van der Waals surface area contributed by atoms with Crippen molar-refractivity contribution in [2.75, 3.05) is 25.1 Å². The molecule has 1 aromatic rings. The maximum Gasteiger partial charge on any atom is 0.255 e. The van der Waals surface area contributed by atoms with E-state index in [4.69, 9.17) is 27.9 Å². The fraction of sp³-hybridized carbons (Fsp3) is 0.417. The van der Waals surface area contributed by atoms with E-state index >= 15 is 0 Å². The van der Waals surface area contributed by atoms with Crippen molar-refractivity contribution in [3.8, 4) is 0 Å². The first kappa shape index (κ1) is 14.1. The van der Waals surface area contributed by atoms with Crippen molar-refractivity contribution in [2.24, 2.45) is 0 Å². The first-order valence-corrected chi connectivity index (χ1v) is 7.41. The molecule has 0 saturated carbocycles. The predicted molar refractivity (Wildman–Crippen MR) is 75.9 cm³/mol. The molecule has 1 fully saturated rings. The van der Waals surface area contributed by atoms with Gasteiger partial charge in [-0.05, 0) is 18.2 Å². The zero-order valence-electron chi connectivity index (χ0n) is 9.54. The summed E-state index contributed by atoms with van der Waals surface area (Å²) in [5, 5.41) is 1.59. The number of halogens is 3. The average molecular weight is 353 g/mol. The zero-order chi connectivity index (χ0) is 13.1. The third-order valence-electron chi connectivity index (χ3n) is 2.83. The summed E-state index contributed by atoms with van der Waals surface area (Å²) in [6.45, 7) is 1.68. The van der Waals surface area contributed by atoms with E-state index < -0.39 is 0 Å². The molecule has 3 nitrogen and oxygen atoms in total. The van der Waals surface area contributed by atoms with Crippen molar-refractivity contribution in [1.29, 1.82) is 0 Å². The number of rotatable bonds is 2. The number of hydrogen-bond donors (Lipinski definition) is 0. The Bertz CT molecular complexity index is 456. The Kier molecular flexibility index (Phi) is 4.90. The van der Waals surface area contributed by atoms with Gasteiger partial charge in [-0.25, -0.2) is 0 Å². The van der Waals surface area contributed by atoms with Crippen LogP contribution in [0.3, 0.4) is 0 Å². The molecule has 18 heavy (non-hydrogen) atoms. The van der Waals surface area contributed by atoms with Crippen LogP contribution in [0.1, 0.15) is 10.4 Å². The summed E-state index contributed by atoms with van der Waals surface area (Å²) in [5.74, 6) is -0.0792. The Hall–Kier alpha value is -0.290. The number of hydrogen-bond acceptors (Lipinski definition) is 2. The fourth-order valence-electron chi connectivity index (χ4n) is 1.87. The molecule has 1 aliphatic heterocycles. The van der Waals surface area contributed by atoms with Gasteiger partial charge in [-0.15, -0.1) is 0 Å². The topological polar surface area (TPSA) is 29.5 Å². The third kappa shape index (κ3) is 2.99. The summed E-state index contributed by atoms with van der Waals surface area (Å²) in [5.41, 5.74) is 0.480. The Balaban J connectivity index is 2.24. The SMILES string of the molecule is O=C(c1ccc(Cl)cc1Cl)N1CCOCC1CBr. The van der Waals surface area contributed by atoms with Gasteiger partial charge in [0.25, 0.3) is 5.91 Å². The van der Waals surface area contributed by atoms with Crippen molar-refractivity contribution < 1.29 is 9.53 Å². The minimum atomic E-state index is -0.0792. The van der Waals surface area contributed by atoms with Crippen molar-refractivity contribution in [3.05, 3.63) is 33.8 Å². The molecule has 1 saturated heterocycles. The molecule has 1 heterocycles. The van der Waals surface area contributed by atoms with Crippen molar-refractivity contribution in [3.63, 3.8) is 0 Å². The van der Waals surface area contributed by atoms with Crippen LogP contribution >= 0.6 is 39.1 Å². The average Bonchev–Trinajstić information content (AvgIpc) is 2.38. The molecule has 98 valence electrons. The molecule has 1 unspecified atom stereocenters. The highest BCUT2D eigenvalue weighted by Gasteiger charge is 2.28. The van der Waals surface area contributed by atoms with Gasteiger partial charge in [0, 0.05) is 16.9 Å². The molecular formula is C12H12BrCl2NO2. The highest BCUT2D eigenvalue weighted by Crippen LogP contribution is 2.24. The molecule has 0 radical (unpaired) electrons. The molecule has 0 spiro atoms. The van der Waals surface area contributed by atoms with Gasteiger partial charge in [-0.1, -0.05) is 39.1 Å². The lowest BCUT2D eigenvalue weighted by molar-refractivity contribution is 0.00526. The first-order valence-electron chi connectivity index (χ1n) is 5.53. The van der Waals surface area contributed by atoms with E-state index in [0.717, 1.165) is 0 Å². The highest BCUT2D eigenvalue weighted by molar-refractivity contribution is 9.09. The summed E-state index contributed by atoms with van der Waals surface area (Å²) in [4.78, 5) is 14.2. The summed E-state index contributed by atoms with van der Waals surface area (Å²) < 4.78 is 5.36. The molecule has 0 aromatic heterocycles. The largest absolute Gasteiger partial charge is 0.377 e. The van der Waals surface area contributed by atoms with Crippen LogP contribution in [0.2, 0.25) is 10.0 Å². The molecule has 1 amide bonds. The van der Waals surface area contributed by atoms with Crippen molar-refractivity contribution >= 4 is 45.0 Å². The highest BCUT2D eigenvalue weighted by atomic mass is 79.9. The lowest BCUT2D eigenvalue weighted by Crippen LogP contribution is -2.49. The number of morpholine rings is 1. The molecule has 0 aliphatic carbocycles. The maximum atomic E-state index is 12.4. The molecule has 1 aliphatic rings. The molecule has 1 aromatic carbocycles. The van der Waals surface area contributed by atoms with E-state index in [9.17, 15) is 4.79 Å². The van der Waals surface area contributed by atoms with Crippen molar-refractivity contribution in [1.82, 2.24) is 4.90 Å². The Morgan fingerprint density at radius 3 is 2.94 bits per heavy atom. The Labute approximate surface area is 124 Å². The normalized spacial score (nSPS) is 19.9. The number of amides is 1. The minimum absolute atomic E-state index is 0.0398. The summed E-state index contributed by atoms with van der Waals surface area (Å²) in [7, 11) is 0. The Morgan fingerprint density at radius 2 is 2.28 bits per heavy atom. The van der Waals surface area contributed by atoms with Gasteiger partial charge < -0.3 is 9.64 Å². The molecular weight excluding hydrogens is 341 g/mol. The quantitative estimate of drug-likeness (QED) is 0.765. The van der Waals surface area contributed by atoms with Crippen LogP contribution in [0.15, 0.2) is 18.2 Å². The van der Waals surface area contributed by atoms with Gasteiger partial charge in [-0.2, -0.15) is 0 Å². The van der Waals surface area contributed by atoms with Gasteiger partial charge in [0.15, 0.2) is 0 Å². The smallest absolute Gasteiger partial charge is 0.255 e. The predicted octanol–water partition coefficient (Wildman–Crippen LogP) is 3.23. The molecule has 6 heteroatoms. The van der Waals surface area contributed by atoms with Crippen LogP contribution in [0.25, 0.3) is 0 Å². The molecule has 0 bridgehead atoms. The monoisotopic (exact) mass is 351 g/mol. The summed E-state index contributed by atoms with van der Waals surface area (Å²) >= 11 is 15.3. The van der Waals surface area contributed by atoms with E-state index in [1.54, 1.807) is 23.1 Å². The van der Waals surface area contributed by atoms with E-state index in [1.165, 1.54) is 0 Å². The number of alkyl halides is 1. The standard InChI is InChI=1S/C12H12BrCl2NO2/c13-6-9-7-18-4-3-16(9)12(17)10-2-1-8(14)5-11(10)15/h1-2,5,9H,3-4,6-7H2. The van der Waals surface area contributed by atoms with Gasteiger partial charge in [0.1, 0.15) is 0 Å². The van der Waals surface area contributed by atoms with Crippen LogP contribution in [0.4, 0.5) is 0 Å². The van der Waals surface area contributed by atoms with Crippen molar-refractivity contribution in [2.45, 2.75) is 6.04 Å². The first-order chi connectivity index (χ1) is 8.63. The number of nitrogens with zero attached hydrogens (tertiary/aromatic N) is 1.